The van der Waals surface area contributed by atoms with Crippen LogP contribution in [-0.2, 0) is 6.42 Å². The molecule has 0 fully saturated rings. The van der Waals surface area contributed by atoms with Gasteiger partial charge in [-0.1, -0.05) is 11.6 Å². The van der Waals surface area contributed by atoms with Gasteiger partial charge in [0.2, 0.25) is 0 Å². The van der Waals surface area contributed by atoms with E-state index in [2.05, 4.69) is 5.32 Å². The quantitative estimate of drug-likeness (QED) is 0.830. The van der Waals surface area contributed by atoms with Gasteiger partial charge in [0.15, 0.2) is 0 Å². The molecule has 0 saturated heterocycles. The molecule has 5 heteroatoms. The molecule has 17 heavy (non-hydrogen) atoms. The number of benzene rings is 1. The van der Waals surface area contributed by atoms with E-state index >= 15 is 0 Å². The van der Waals surface area contributed by atoms with E-state index < -0.39 is 0 Å². The van der Waals surface area contributed by atoms with Crippen molar-refractivity contribution < 1.29 is 4.39 Å². The van der Waals surface area contributed by atoms with E-state index in [-0.39, 0.29) is 5.82 Å². The monoisotopic (exact) mass is 270 g/mol. The molecule has 0 aliphatic heterocycles. The Morgan fingerprint density at radius 3 is 2.82 bits per heavy atom. The summed E-state index contributed by atoms with van der Waals surface area (Å²) in [4.78, 5) is 1.19. The molecule has 0 bridgehead atoms. The highest BCUT2D eigenvalue weighted by Crippen LogP contribution is 2.23. The fourth-order valence-electron chi connectivity index (χ4n) is 1.49. The van der Waals surface area contributed by atoms with Crippen molar-refractivity contribution in [2.24, 2.45) is 0 Å². The molecule has 2 nitrogen and oxygen atoms in total. The predicted octanol–water partition coefficient (Wildman–Crippen LogP) is 3.78. The molecule has 1 heterocycles. The number of thiophene rings is 1. The first-order valence-electron chi connectivity index (χ1n) is 5.18. The fraction of sp³-hybridized carbons (Fsp3) is 0.167. The average Bonchev–Trinajstić information content (AvgIpc) is 2.69. The Morgan fingerprint density at radius 2 is 2.12 bits per heavy atom. The van der Waals surface area contributed by atoms with Crippen molar-refractivity contribution >= 4 is 34.3 Å². The zero-order valence-electron chi connectivity index (χ0n) is 9.04. The lowest BCUT2D eigenvalue weighted by Crippen LogP contribution is -2.06. The highest BCUT2D eigenvalue weighted by molar-refractivity contribution is 7.16. The van der Waals surface area contributed by atoms with Gasteiger partial charge in [-0.05, 0) is 36.8 Å². The van der Waals surface area contributed by atoms with Crippen LogP contribution in [0.4, 0.5) is 15.8 Å². The second-order valence-electron chi connectivity index (χ2n) is 3.61. The van der Waals surface area contributed by atoms with Gasteiger partial charge in [-0.15, -0.1) is 11.3 Å². The van der Waals surface area contributed by atoms with Crippen LogP contribution in [0.15, 0.2) is 30.3 Å². The van der Waals surface area contributed by atoms with Crippen LogP contribution < -0.4 is 11.1 Å². The van der Waals surface area contributed by atoms with E-state index in [1.165, 1.54) is 17.0 Å². The van der Waals surface area contributed by atoms with Gasteiger partial charge < -0.3 is 11.1 Å². The van der Waals surface area contributed by atoms with E-state index in [0.717, 1.165) is 10.8 Å². The molecule has 1 aromatic heterocycles. The van der Waals surface area contributed by atoms with Crippen molar-refractivity contribution in [3.8, 4) is 0 Å². The lowest BCUT2D eigenvalue weighted by atomic mass is 10.2. The van der Waals surface area contributed by atoms with E-state index in [1.807, 2.05) is 12.1 Å². The summed E-state index contributed by atoms with van der Waals surface area (Å²) in [5.74, 6) is -0.291. The first-order valence-corrected chi connectivity index (χ1v) is 6.38. The lowest BCUT2D eigenvalue weighted by Gasteiger charge is -2.08. The third kappa shape index (κ3) is 3.35. The molecule has 0 unspecified atom stereocenters. The minimum absolute atomic E-state index is 0.291. The zero-order chi connectivity index (χ0) is 12.3. The largest absolute Gasteiger partial charge is 0.397 e. The van der Waals surface area contributed by atoms with Gasteiger partial charge >= 0.3 is 0 Å². The lowest BCUT2D eigenvalue weighted by molar-refractivity contribution is 0.628. The molecule has 2 rings (SSSR count). The van der Waals surface area contributed by atoms with Gasteiger partial charge in [0.25, 0.3) is 0 Å². The topological polar surface area (TPSA) is 38.0 Å². The number of nitrogens with two attached hydrogens (primary N) is 1. The number of anilines is 2. The molecule has 0 aliphatic carbocycles. The van der Waals surface area contributed by atoms with E-state index in [4.69, 9.17) is 17.3 Å². The normalized spacial score (nSPS) is 10.5. The van der Waals surface area contributed by atoms with Gasteiger partial charge in [0.1, 0.15) is 5.82 Å². The molecule has 0 spiro atoms. The maximum Gasteiger partial charge on any atom is 0.125 e. The number of nitrogens with one attached hydrogen (secondary N) is 1. The van der Waals surface area contributed by atoms with Crippen LogP contribution in [0.3, 0.4) is 0 Å². The van der Waals surface area contributed by atoms with Crippen LogP contribution in [0.25, 0.3) is 0 Å². The van der Waals surface area contributed by atoms with Crippen molar-refractivity contribution in [2.45, 2.75) is 6.42 Å². The second-order valence-corrected chi connectivity index (χ2v) is 5.41. The standard InChI is InChI=1S/C12H12ClFN2S/c13-12-4-2-9(17-12)5-6-16-11-7-8(14)1-3-10(11)15/h1-4,7,16H,5-6,15H2. The number of hydrogen-bond acceptors (Lipinski definition) is 3. The molecular formula is C12H12ClFN2S. The van der Waals surface area contributed by atoms with Crippen LogP contribution in [0, 0.1) is 5.82 Å². The highest BCUT2D eigenvalue weighted by Gasteiger charge is 2.01. The summed E-state index contributed by atoms with van der Waals surface area (Å²) < 4.78 is 13.8. The minimum atomic E-state index is -0.291. The van der Waals surface area contributed by atoms with Gasteiger partial charge in [-0.2, -0.15) is 0 Å². The molecule has 0 atom stereocenters. The summed E-state index contributed by atoms with van der Waals surface area (Å²) >= 11 is 7.38. The minimum Gasteiger partial charge on any atom is -0.397 e. The smallest absolute Gasteiger partial charge is 0.125 e. The van der Waals surface area contributed by atoms with Crippen LogP contribution in [0.1, 0.15) is 4.88 Å². The SMILES string of the molecule is Nc1ccc(F)cc1NCCc1ccc(Cl)s1. The molecular weight excluding hydrogens is 259 g/mol. The van der Waals surface area contributed by atoms with Crippen molar-refractivity contribution in [1.82, 2.24) is 0 Å². The Labute approximate surface area is 108 Å². The molecule has 0 saturated carbocycles. The number of halogens is 2. The number of hydrogen-bond donors (Lipinski definition) is 2. The third-order valence-corrected chi connectivity index (χ3v) is 3.62. The summed E-state index contributed by atoms with van der Waals surface area (Å²) in [6.07, 6.45) is 0.841. The average molecular weight is 271 g/mol. The maximum atomic E-state index is 13.0. The van der Waals surface area contributed by atoms with Gasteiger partial charge in [0, 0.05) is 11.4 Å². The maximum absolute atomic E-state index is 13.0. The molecule has 90 valence electrons. The second kappa shape index (κ2) is 5.38. The summed E-state index contributed by atoms with van der Waals surface area (Å²) in [5, 5.41) is 3.11. The first kappa shape index (κ1) is 12.2. The van der Waals surface area contributed by atoms with Gasteiger partial charge in [0.05, 0.1) is 15.7 Å². The van der Waals surface area contributed by atoms with Gasteiger partial charge in [-0.3, -0.25) is 0 Å². The number of nitrogen functional groups attached to an aromatic ring is 1. The van der Waals surface area contributed by atoms with E-state index in [1.54, 1.807) is 17.4 Å². The predicted molar refractivity (Wildman–Crippen MR) is 72.3 cm³/mol. The van der Waals surface area contributed by atoms with Crippen molar-refractivity contribution in [1.29, 1.82) is 0 Å². The van der Waals surface area contributed by atoms with Crippen LogP contribution in [-0.4, -0.2) is 6.54 Å². The third-order valence-electron chi connectivity index (χ3n) is 2.33. The van der Waals surface area contributed by atoms with Crippen LogP contribution >= 0.6 is 22.9 Å². The van der Waals surface area contributed by atoms with E-state index in [9.17, 15) is 4.39 Å². The summed E-state index contributed by atoms with van der Waals surface area (Å²) in [5.41, 5.74) is 6.91. The van der Waals surface area contributed by atoms with Gasteiger partial charge in [-0.25, -0.2) is 4.39 Å². The van der Waals surface area contributed by atoms with Crippen molar-refractivity contribution in [3.63, 3.8) is 0 Å². The Kier molecular flexibility index (Phi) is 3.86. The summed E-state index contributed by atoms with van der Waals surface area (Å²) in [6.45, 7) is 0.699. The highest BCUT2D eigenvalue weighted by atomic mass is 35.5. The summed E-state index contributed by atoms with van der Waals surface area (Å²) in [6, 6.07) is 8.16. The molecule has 0 amide bonds. The Balaban J connectivity index is 1.91. The zero-order valence-corrected chi connectivity index (χ0v) is 10.6. The molecule has 2 aromatic rings. The molecule has 3 N–H and O–H groups in total. The molecule has 0 radical (unpaired) electrons. The fourth-order valence-corrected chi connectivity index (χ4v) is 2.58. The number of rotatable bonds is 4. The van der Waals surface area contributed by atoms with Crippen molar-refractivity contribution in [2.75, 3.05) is 17.6 Å². The van der Waals surface area contributed by atoms with E-state index in [0.29, 0.717) is 17.9 Å². The Bertz CT molecular complexity index is 513. The van der Waals surface area contributed by atoms with Crippen molar-refractivity contribution in [3.05, 3.63) is 45.4 Å². The summed E-state index contributed by atoms with van der Waals surface area (Å²) in [7, 11) is 0. The first-order chi connectivity index (χ1) is 8.15. The van der Waals surface area contributed by atoms with Crippen LogP contribution in [0.2, 0.25) is 4.34 Å². The molecule has 0 aliphatic rings. The Hall–Kier alpha value is -1.26. The van der Waals surface area contributed by atoms with Crippen LogP contribution in [0.5, 0.6) is 0 Å². The Morgan fingerprint density at radius 1 is 1.29 bits per heavy atom. The molecule has 1 aromatic carbocycles.